The summed E-state index contributed by atoms with van der Waals surface area (Å²) >= 11 is 0. The van der Waals surface area contributed by atoms with Crippen LogP contribution < -0.4 is 10.6 Å². The Kier molecular flexibility index (Phi) is 7.17. The van der Waals surface area contributed by atoms with Gasteiger partial charge in [-0.3, -0.25) is 4.68 Å². The molecule has 2 aromatic heterocycles. The van der Waals surface area contributed by atoms with E-state index in [1.165, 1.54) is 11.1 Å². The summed E-state index contributed by atoms with van der Waals surface area (Å²) in [5, 5.41) is 19.1. The van der Waals surface area contributed by atoms with Gasteiger partial charge in [-0.05, 0) is 24.1 Å². The molecule has 0 saturated heterocycles. The van der Waals surface area contributed by atoms with Crippen LogP contribution in [0.2, 0.25) is 0 Å². The molecule has 0 aliphatic rings. The van der Waals surface area contributed by atoms with Crippen LogP contribution in [-0.2, 0) is 26.1 Å². The Bertz CT molecular complexity index is 866. The van der Waals surface area contributed by atoms with Gasteiger partial charge in [0.15, 0.2) is 5.96 Å². The Balaban J connectivity index is 1.61. The van der Waals surface area contributed by atoms with E-state index in [1.54, 1.807) is 12.5 Å². The predicted octanol–water partition coefficient (Wildman–Crippen LogP) is 1.84. The van der Waals surface area contributed by atoms with E-state index >= 15 is 0 Å². The molecule has 1 aromatic carbocycles. The number of nitrogens with one attached hydrogen (secondary N) is 2. The number of hydrogen-bond donors (Lipinski definition) is 2. The highest BCUT2D eigenvalue weighted by Gasteiger charge is 2.05. The van der Waals surface area contributed by atoms with Gasteiger partial charge in [0.2, 0.25) is 0 Å². The van der Waals surface area contributed by atoms with Crippen molar-refractivity contribution in [3.63, 3.8) is 0 Å². The van der Waals surface area contributed by atoms with Crippen molar-refractivity contribution >= 4 is 5.96 Å². The molecule has 0 unspecified atom stereocenters. The van der Waals surface area contributed by atoms with Crippen molar-refractivity contribution < 1.29 is 0 Å². The first-order valence-electron chi connectivity index (χ1n) is 9.73. The molecule has 0 atom stereocenters. The van der Waals surface area contributed by atoms with Gasteiger partial charge in [0, 0.05) is 38.4 Å². The summed E-state index contributed by atoms with van der Waals surface area (Å²) in [7, 11) is 0. The van der Waals surface area contributed by atoms with E-state index in [1.807, 2.05) is 16.9 Å². The molecule has 0 bridgehead atoms. The van der Waals surface area contributed by atoms with E-state index in [0.29, 0.717) is 6.54 Å². The van der Waals surface area contributed by atoms with Gasteiger partial charge in [0.25, 0.3) is 0 Å². The van der Waals surface area contributed by atoms with Crippen molar-refractivity contribution in [2.75, 3.05) is 13.1 Å². The fraction of sp³-hybridized carbons (Fsp3) is 0.400. The molecule has 0 aliphatic carbocycles. The first-order chi connectivity index (χ1) is 13.8. The average molecular weight is 381 g/mol. The standard InChI is InChI=1S/C20H28N8/c1-3-19-26-24-16-27(19)13-11-22-20(21-4-2)23-14-17-8-5-6-9-18(17)15-28-12-7-10-25-28/h5-10,12,16H,3-4,11,13-15H2,1-2H3,(H2,21,22,23). The van der Waals surface area contributed by atoms with E-state index in [4.69, 9.17) is 4.99 Å². The quantitative estimate of drug-likeness (QED) is 0.437. The smallest absolute Gasteiger partial charge is 0.191 e. The van der Waals surface area contributed by atoms with E-state index in [-0.39, 0.29) is 0 Å². The Morgan fingerprint density at radius 3 is 2.71 bits per heavy atom. The minimum Gasteiger partial charge on any atom is -0.357 e. The molecular formula is C20H28N8. The van der Waals surface area contributed by atoms with Gasteiger partial charge in [0.1, 0.15) is 12.2 Å². The van der Waals surface area contributed by atoms with Crippen LogP contribution in [0.1, 0.15) is 30.8 Å². The average Bonchev–Trinajstić information content (AvgIpc) is 3.39. The lowest BCUT2D eigenvalue weighted by molar-refractivity contribution is 0.632. The SMILES string of the molecule is CCNC(=NCc1ccccc1Cn1cccn1)NCCn1cnnc1CC. The van der Waals surface area contributed by atoms with Crippen molar-refractivity contribution in [2.24, 2.45) is 4.99 Å². The topological polar surface area (TPSA) is 85.0 Å². The highest BCUT2D eigenvalue weighted by molar-refractivity contribution is 5.79. The maximum Gasteiger partial charge on any atom is 0.191 e. The fourth-order valence-electron chi connectivity index (χ4n) is 2.97. The van der Waals surface area contributed by atoms with Crippen LogP contribution in [0.25, 0.3) is 0 Å². The molecule has 0 radical (unpaired) electrons. The highest BCUT2D eigenvalue weighted by atomic mass is 15.3. The zero-order valence-electron chi connectivity index (χ0n) is 16.5. The van der Waals surface area contributed by atoms with Crippen molar-refractivity contribution in [3.05, 3.63) is 66.0 Å². The summed E-state index contributed by atoms with van der Waals surface area (Å²) in [6.45, 7) is 7.88. The summed E-state index contributed by atoms with van der Waals surface area (Å²) < 4.78 is 3.99. The van der Waals surface area contributed by atoms with Crippen LogP contribution >= 0.6 is 0 Å². The maximum atomic E-state index is 4.76. The predicted molar refractivity (Wildman–Crippen MR) is 110 cm³/mol. The van der Waals surface area contributed by atoms with E-state index < -0.39 is 0 Å². The molecule has 0 fully saturated rings. The van der Waals surface area contributed by atoms with Crippen molar-refractivity contribution in [3.8, 4) is 0 Å². The lowest BCUT2D eigenvalue weighted by Gasteiger charge is -2.13. The van der Waals surface area contributed by atoms with Crippen LogP contribution in [0.3, 0.4) is 0 Å². The summed E-state index contributed by atoms with van der Waals surface area (Å²) in [5.41, 5.74) is 2.42. The normalized spacial score (nSPS) is 11.6. The summed E-state index contributed by atoms with van der Waals surface area (Å²) in [4.78, 5) is 4.76. The van der Waals surface area contributed by atoms with Crippen LogP contribution in [0.5, 0.6) is 0 Å². The molecule has 8 heteroatoms. The highest BCUT2D eigenvalue weighted by Crippen LogP contribution is 2.11. The minimum absolute atomic E-state index is 0.611. The molecule has 0 saturated carbocycles. The van der Waals surface area contributed by atoms with Gasteiger partial charge in [-0.15, -0.1) is 10.2 Å². The van der Waals surface area contributed by atoms with Crippen LogP contribution in [0.15, 0.2) is 54.0 Å². The van der Waals surface area contributed by atoms with Crippen LogP contribution in [0, 0.1) is 0 Å². The third-order valence-corrected chi connectivity index (χ3v) is 4.42. The first-order valence-corrected chi connectivity index (χ1v) is 9.73. The molecule has 0 spiro atoms. The van der Waals surface area contributed by atoms with E-state index in [9.17, 15) is 0 Å². The van der Waals surface area contributed by atoms with E-state index in [2.05, 4.69) is 68.6 Å². The zero-order valence-corrected chi connectivity index (χ0v) is 16.5. The molecule has 0 aliphatic heterocycles. The lowest BCUT2D eigenvalue weighted by Crippen LogP contribution is -2.39. The third kappa shape index (κ3) is 5.42. The number of aryl methyl sites for hydroxylation is 1. The zero-order chi connectivity index (χ0) is 19.6. The Morgan fingerprint density at radius 2 is 1.96 bits per heavy atom. The Hall–Kier alpha value is -3.16. The monoisotopic (exact) mass is 380 g/mol. The number of aromatic nitrogens is 5. The summed E-state index contributed by atoms with van der Waals surface area (Å²) in [6.07, 6.45) is 6.42. The van der Waals surface area contributed by atoms with Gasteiger partial charge in [-0.2, -0.15) is 5.10 Å². The second-order valence-electron chi connectivity index (χ2n) is 6.39. The van der Waals surface area contributed by atoms with Crippen molar-refractivity contribution in [1.29, 1.82) is 0 Å². The Morgan fingerprint density at radius 1 is 1.11 bits per heavy atom. The number of nitrogens with zero attached hydrogens (tertiary/aromatic N) is 6. The molecule has 3 rings (SSSR count). The Labute approximate surface area is 165 Å². The van der Waals surface area contributed by atoms with Gasteiger partial charge < -0.3 is 15.2 Å². The van der Waals surface area contributed by atoms with Crippen LogP contribution in [-0.4, -0.2) is 43.6 Å². The third-order valence-electron chi connectivity index (χ3n) is 4.42. The molecule has 0 amide bonds. The summed E-state index contributed by atoms with van der Waals surface area (Å²) in [5.74, 6) is 1.80. The number of aliphatic imine (C=N–C) groups is 1. The molecular weight excluding hydrogens is 352 g/mol. The molecule has 3 aromatic rings. The number of guanidine groups is 1. The molecule has 8 nitrogen and oxygen atoms in total. The summed E-state index contributed by atoms with van der Waals surface area (Å²) in [6, 6.07) is 10.3. The van der Waals surface area contributed by atoms with Gasteiger partial charge in [-0.25, -0.2) is 4.99 Å². The van der Waals surface area contributed by atoms with Gasteiger partial charge in [-0.1, -0.05) is 31.2 Å². The van der Waals surface area contributed by atoms with Crippen LogP contribution in [0.4, 0.5) is 0 Å². The number of benzene rings is 1. The molecule has 2 heterocycles. The van der Waals surface area contributed by atoms with Crippen molar-refractivity contribution in [1.82, 2.24) is 35.2 Å². The molecule has 28 heavy (non-hydrogen) atoms. The second-order valence-corrected chi connectivity index (χ2v) is 6.39. The lowest BCUT2D eigenvalue weighted by atomic mass is 10.1. The first kappa shape index (κ1) is 19.6. The minimum atomic E-state index is 0.611. The van der Waals surface area contributed by atoms with E-state index in [0.717, 1.165) is 44.4 Å². The largest absolute Gasteiger partial charge is 0.357 e. The van der Waals surface area contributed by atoms with Gasteiger partial charge in [0.05, 0.1) is 13.1 Å². The fourth-order valence-corrected chi connectivity index (χ4v) is 2.97. The molecule has 148 valence electrons. The maximum absolute atomic E-state index is 4.76. The second kappa shape index (κ2) is 10.2. The number of rotatable bonds is 9. The van der Waals surface area contributed by atoms with Gasteiger partial charge >= 0.3 is 0 Å². The van der Waals surface area contributed by atoms with Crippen molar-refractivity contribution in [2.45, 2.75) is 39.9 Å². The number of hydrogen-bond acceptors (Lipinski definition) is 4. The molecule has 2 N–H and O–H groups in total.